The van der Waals surface area contributed by atoms with Crippen LogP contribution in [0.5, 0.6) is 0 Å². The van der Waals surface area contributed by atoms with E-state index in [1.165, 1.54) is 76.8 Å². The Morgan fingerprint density at radius 3 is 2.32 bits per heavy atom. The van der Waals surface area contributed by atoms with Crippen molar-refractivity contribution in [1.82, 2.24) is 0 Å². The molecular formula is C36H45N2+. The third-order valence-electron chi connectivity index (χ3n) is 8.78. The van der Waals surface area contributed by atoms with Gasteiger partial charge in [0.25, 0.3) is 0 Å². The van der Waals surface area contributed by atoms with Gasteiger partial charge < -0.3 is 4.90 Å². The Hall–Kier alpha value is -3.13. The number of hydrogen-bond acceptors (Lipinski definition) is 1. The van der Waals surface area contributed by atoms with Crippen molar-refractivity contribution in [2.24, 2.45) is 0 Å². The van der Waals surface area contributed by atoms with Crippen LogP contribution in [0.2, 0.25) is 0 Å². The van der Waals surface area contributed by atoms with Crippen LogP contribution in [0.1, 0.15) is 84.8 Å². The van der Waals surface area contributed by atoms with E-state index in [9.17, 15) is 0 Å². The summed E-state index contributed by atoms with van der Waals surface area (Å²) in [5.74, 6) is 0. The highest BCUT2D eigenvalue weighted by molar-refractivity contribution is 6.07. The van der Waals surface area contributed by atoms with Crippen LogP contribution >= 0.6 is 0 Å². The average molecular weight is 506 g/mol. The molecule has 3 aromatic carbocycles. The molecule has 0 fully saturated rings. The minimum absolute atomic E-state index is 0.00985. The summed E-state index contributed by atoms with van der Waals surface area (Å²) in [6.45, 7) is 16.3. The molecule has 38 heavy (non-hydrogen) atoms. The first-order valence-corrected chi connectivity index (χ1v) is 14.8. The van der Waals surface area contributed by atoms with Crippen LogP contribution in [0.25, 0.3) is 10.8 Å². The van der Waals surface area contributed by atoms with E-state index in [1.54, 1.807) is 0 Å². The maximum atomic E-state index is 2.59. The molecule has 2 heterocycles. The quantitative estimate of drug-likeness (QED) is 0.207. The lowest BCUT2D eigenvalue weighted by atomic mass is 9.79. The zero-order valence-corrected chi connectivity index (χ0v) is 24.3. The SMILES string of the molecule is CCCCCN1/C(=C/C=C/C2=[N+](CCCC)c3ccc4ccccc4c3C2(C)C)C(C)(C)c2ccccc21. The lowest BCUT2D eigenvalue weighted by Gasteiger charge is -2.27. The van der Waals surface area contributed by atoms with Crippen LogP contribution in [0.4, 0.5) is 11.4 Å². The van der Waals surface area contributed by atoms with Crippen LogP contribution in [-0.4, -0.2) is 23.4 Å². The molecule has 0 spiro atoms. The minimum Gasteiger partial charge on any atom is -0.344 e. The zero-order chi connectivity index (χ0) is 26.9. The van der Waals surface area contributed by atoms with Crippen LogP contribution in [0, 0.1) is 0 Å². The number of hydrogen-bond donors (Lipinski definition) is 0. The maximum absolute atomic E-state index is 2.59. The molecule has 0 aliphatic carbocycles. The van der Waals surface area contributed by atoms with Crippen LogP contribution in [0.3, 0.4) is 0 Å². The molecule has 2 aliphatic rings. The monoisotopic (exact) mass is 505 g/mol. The topological polar surface area (TPSA) is 6.25 Å². The van der Waals surface area contributed by atoms with Gasteiger partial charge in [-0.3, -0.25) is 0 Å². The van der Waals surface area contributed by atoms with Gasteiger partial charge in [-0.25, -0.2) is 0 Å². The van der Waals surface area contributed by atoms with Gasteiger partial charge in [0.1, 0.15) is 6.54 Å². The number of anilines is 1. The Balaban J connectivity index is 1.57. The maximum Gasteiger partial charge on any atom is 0.210 e. The van der Waals surface area contributed by atoms with E-state index in [0.29, 0.717) is 0 Å². The summed E-state index contributed by atoms with van der Waals surface area (Å²) in [6, 6.07) is 22.5. The van der Waals surface area contributed by atoms with Gasteiger partial charge in [-0.15, -0.1) is 0 Å². The number of unbranched alkanes of at least 4 members (excludes halogenated alkanes) is 3. The van der Waals surface area contributed by atoms with Gasteiger partial charge in [-0.05, 0) is 54.8 Å². The minimum atomic E-state index is -0.0616. The molecule has 2 aliphatic heterocycles. The Labute approximate surface area is 230 Å². The molecule has 0 atom stereocenters. The van der Waals surface area contributed by atoms with Gasteiger partial charge in [0.15, 0.2) is 5.71 Å². The summed E-state index contributed by atoms with van der Waals surface area (Å²) < 4.78 is 2.59. The fourth-order valence-corrected chi connectivity index (χ4v) is 6.72. The van der Waals surface area contributed by atoms with Gasteiger partial charge in [-0.1, -0.05) is 95.5 Å². The zero-order valence-electron chi connectivity index (χ0n) is 24.3. The third-order valence-corrected chi connectivity index (χ3v) is 8.78. The van der Waals surface area contributed by atoms with E-state index in [1.807, 2.05) is 0 Å². The molecule has 5 rings (SSSR count). The van der Waals surface area contributed by atoms with Crippen molar-refractivity contribution in [3.05, 3.63) is 95.7 Å². The number of nitrogens with zero attached hydrogens (tertiary/aromatic N) is 2. The number of para-hydroxylation sites is 1. The van der Waals surface area contributed by atoms with Gasteiger partial charge in [0.05, 0.1) is 5.41 Å². The molecule has 0 saturated heterocycles. The van der Waals surface area contributed by atoms with E-state index >= 15 is 0 Å². The summed E-state index contributed by atoms with van der Waals surface area (Å²) in [5.41, 5.74) is 8.40. The molecule has 0 aromatic heterocycles. The predicted molar refractivity (Wildman–Crippen MR) is 165 cm³/mol. The average Bonchev–Trinajstić information content (AvgIpc) is 3.26. The summed E-state index contributed by atoms with van der Waals surface area (Å²) in [7, 11) is 0. The van der Waals surface area contributed by atoms with Crippen LogP contribution in [-0.2, 0) is 10.8 Å². The molecule has 0 N–H and O–H groups in total. The highest BCUT2D eigenvalue weighted by Gasteiger charge is 2.45. The van der Waals surface area contributed by atoms with Gasteiger partial charge >= 0.3 is 0 Å². The van der Waals surface area contributed by atoms with Crippen LogP contribution < -0.4 is 4.90 Å². The molecule has 198 valence electrons. The molecule has 2 nitrogen and oxygen atoms in total. The van der Waals surface area contributed by atoms with E-state index in [4.69, 9.17) is 0 Å². The molecule has 0 unspecified atom stereocenters. The Bertz CT molecular complexity index is 1420. The number of rotatable bonds is 9. The molecule has 0 radical (unpaired) electrons. The first kappa shape index (κ1) is 26.5. The van der Waals surface area contributed by atoms with E-state index < -0.39 is 0 Å². The Kier molecular flexibility index (Phi) is 7.36. The highest BCUT2D eigenvalue weighted by atomic mass is 15.2. The summed E-state index contributed by atoms with van der Waals surface area (Å²) >= 11 is 0. The normalized spacial score (nSPS) is 18.7. The van der Waals surface area contributed by atoms with Crippen molar-refractivity contribution in [3.63, 3.8) is 0 Å². The van der Waals surface area contributed by atoms with Crippen molar-refractivity contribution in [1.29, 1.82) is 0 Å². The summed E-state index contributed by atoms with van der Waals surface area (Å²) in [4.78, 5) is 2.58. The lowest BCUT2D eigenvalue weighted by Crippen LogP contribution is -2.28. The third kappa shape index (κ3) is 4.42. The number of allylic oxidation sites excluding steroid dienone is 4. The molecule has 3 aromatic rings. The molecule has 0 bridgehead atoms. The molecule has 0 saturated carbocycles. The molecule has 0 amide bonds. The second-order valence-electron chi connectivity index (χ2n) is 12.1. The van der Waals surface area contributed by atoms with Crippen molar-refractivity contribution in [3.8, 4) is 0 Å². The fraction of sp³-hybridized carbons (Fsp3) is 0.417. The fourth-order valence-electron chi connectivity index (χ4n) is 6.72. The van der Waals surface area contributed by atoms with E-state index in [2.05, 4.69) is 130 Å². The second kappa shape index (κ2) is 10.6. The van der Waals surface area contributed by atoms with Crippen molar-refractivity contribution in [2.45, 2.75) is 84.5 Å². The lowest BCUT2D eigenvalue weighted by molar-refractivity contribution is -0.438. The predicted octanol–water partition coefficient (Wildman–Crippen LogP) is 9.44. The van der Waals surface area contributed by atoms with Crippen molar-refractivity contribution in [2.75, 3.05) is 18.0 Å². The smallest absolute Gasteiger partial charge is 0.210 e. The number of fused-ring (bicyclic) bond motifs is 4. The van der Waals surface area contributed by atoms with Gasteiger partial charge in [-0.2, -0.15) is 4.58 Å². The Morgan fingerprint density at radius 1 is 0.789 bits per heavy atom. The first-order valence-electron chi connectivity index (χ1n) is 14.8. The number of benzene rings is 3. The van der Waals surface area contributed by atoms with Crippen molar-refractivity contribution >= 4 is 27.9 Å². The molecule has 2 heteroatoms. The standard InChI is InChI=1S/C36H45N2/c1-7-9-15-26-37-30-20-14-13-19-29(30)35(3,4)32(37)21-16-22-33-36(5,6)34-28-18-12-11-17-27(28)23-24-31(34)38(33)25-10-8-2/h11-14,16-24H,7-10,15,25-26H2,1-6H3/q+1. The van der Waals surface area contributed by atoms with Crippen LogP contribution in [0.15, 0.2) is 84.6 Å². The summed E-state index contributed by atoms with van der Waals surface area (Å²) in [6.07, 6.45) is 13.3. The van der Waals surface area contributed by atoms with E-state index in [-0.39, 0.29) is 10.8 Å². The van der Waals surface area contributed by atoms with Crippen molar-refractivity contribution < 1.29 is 4.58 Å². The largest absolute Gasteiger partial charge is 0.344 e. The molecular weight excluding hydrogens is 460 g/mol. The second-order valence-corrected chi connectivity index (χ2v) is 12.1. The Morgan fingerprint density at radius 2 is 1.53 bits per heavy atom. The summed E-state index contributed by atoms with van der Waals surface area (Å²) in [5, 5.41) is 2.71. The van der Waals surface area contributed by atoms with Gasteiger partial charge in [0.2, 0.25) is 5.69 Å². The first-order chi connectivity index (χ1) is 18.3. The van der Waals surface area contributed by atoms with Gasteiger partial charge in [0, 0.05) is 47.5 Å². The van der Waals surface area contributed by atoms with E-state index in [0.717, 1.165) is 13.1 Å². The highest BCUT2D eigenvalue weighted by Crippen LogP contribution is 2.48.